The van der Waals surface area contributed by atoms with Crippen molar-refractivity contribution in [2.45, 2.75) is 26.4 Å². The van der Waals surface area contributed by atoms with Crippen LogP contribution in [0.2, 0.25) is 5.02 Å². The van der Waals surface area contributed by atoms with Crippen LogP contribution in [0.4, 0.5) is 0 Å². The Morgan fingerprint density at radius 3 is 2.35 bits per heavy atom. The summed E-state index contributed by atoms with van der Waals surface area (Å²) in [6.45, 7) is 1.74. The molecule has 0 bridgehead atoms. The summed E-state index contributed by atoms with van der Waals surface area (Å²) >= 11 is 5.95. The lowest BCUT2D eigenvalue weighted by molar-refractivity contribution is 0.0971. The van der Waals surface area contributed by atoms with Crippen LogP contribution in [0.5, 0.6) is 0 Å². The van der Waals surface area contributed by atoms with Crippen LogP contribution in [0.25, 0.3) is 11.2 Å². The minimum atomic E-state index is -0.587. The summed E-state index contributed by atoms with van der Waals surface area (Å²) in [5.41, 5.74) is 0.634. The molecule has 0 unspecified atom stereocenters. The van der Waals surface area contributed by atoms with Crippen molar-refractivity contribution in [3.8, 4) is 0 Å². The summed E-state index contributed by atoms with van der Waals surface area (Å²) < 4.78 is 4.09. The second-order valence-corrected chi connectivity index (χ2v) is 7.59. The Kier molecular flexibility index (Phi) is 5.56. The number of carbonyl (C=O) groups is 1. The predicted octanol–water partition coefficient (Wildman–Crippen LogP) is 2.44. The van der Waals surface area contributed by atoms with Crippen molar-refractivity contribution in [1.82, 2.24) is 23.7 Å². The van der Waals surface area contributed by atoms with Gasteiger partial charge >= 0.3 is 5.69 Å². The molecule has 0 N–H and O–H groups in total. The minimum absolute atomic E-state index is 0.0564. The second kappa shape index (κ2) is 8.31. The number of hydrogen-bond donors (Lipinski definition) is 0. The van der Waals surface area contributed by atoms with Gasteiger partial charge in [-0.15, -0.1) is 0 Å². The number of pyridine rings is 1. The van der Waals surface area contributed by atoms with Crippen LogP contribution in [0.15, 0.2) is 58.4 Å². The van der Waals surface area contributed by atoms with Crippen molar-refractivity contribution in [2.24, 2.45) is 7.05 Å². The maximum atomic E-state index is 13.3. The molecular weight excluding hydrogens is 418 g/mol. The Bertz CT molecular complexity index is 1390. The van der Waals surface area contributed by atoms with Crippen molar-refractivity contribution in [3.63, 3.8) is 0 Å². The number of ketones is 1. The van der Waals surface area contributed by atoms with Gasteiger partial charge in [0.15, 0.2) is 16.9 Å². The summed E-state index contributed by atoms with van der Waals surface area (Å²) in [6.07, 6.45) is 3.61. The van der Waals surface area contributed by atoms with Crippen LogP contribution in [0.1, 0.15) is 28.7 Å². The molecule has 0 atom stereocenters. The lowest BCUT2D eigenvalue weighted by Crippen LogP contribution is -2.41. The van der Waals surface area contributed by atoms with Gasteiger partial charge in [-0.05, 0) is 29.8 Å². The third kappa shape index (κ3) is 3.82. The van der Waals surface area contributed by atoms with Crippen LogP contribution in [-0.4, -0.2) is 29.5 Å². The van der Waals surface area contributed by atoms with E-state index < -0.39 is 11.2 Å². The molecule has 3 heterocycles. The molecule has 4 rings (SSSR count). The van der Waals surface area contributed by atoms with E-state index in [1.807, 2.05) is 6.92 Å². The fraction of sp³-hybridized carbons (Fsp3) is 0.227. The summed E-state index contributed by atoms with van der Waals surface area (Å²) in [5, 5.41) is 0.561. The van der Waals surface area contributed by atoms with E-state index in [0.29, 0.717) is 22.8 Å². The average molecular weight is 438 g/mol. The highest BCUT2D eigenvalue weighted by Crippen LogP contribution is 2.13. The van der Waals surface area contributed by atoms with E-state index in [9.17, 15) is 14.4 Å². The van der Waals surface area contributed by atoms with Gasteiger partial charge in [-0.1, -0.05) is 30.7 Å². The zero-order chi connectivity index (χ0) is 22.1. The van der Waals surface area contributed by atoms with E-state index in [-0.39, 0.29) is 30.0 Å². The molecule has 0 aliphatic rings. The van der Waals surface area contributed by atoms with Crippen LogP contribution in [-0.2, 0) is 26.6 Å². The number of hydrogen-bond acceptors (Lipinski definition) is 5. The lowest BCUT2D eigenvalue weighted by Gasteiger charge is -2.12. The number of aryl methyl sites for hydroxylation is 2. The largest absolute Gasteiger partial charge is 0.333 e. The summed E-state index contributed by atoms with van der Waals surface area (Å²) in [5.74, 6) is 0.382. The van der Waals surface area contributed by atoms with Gasteiger partial charge in [-0.25, -0.2) is 9.78 Å². The van der Waals surface area contributed by atoms with Gasteiger partial charge < -0.3 is 4.57 Å². The minimum Gasteiger partial charge on any atom is -0.325 e. The topological polar surface area (TPSA) is 91.8 Å². The normalized spacial score (nSPS) is 11.2. The number of imidazole rings is 1. The third-order valence-electron chi connectivity index (χ3n) is 5.21. The van der Waals surface area contributed by atoms with E-state index in [1.165, 1.54) is 17.0 Å². The van der Waals surface area contributed by atoms with Gasteiger partial charge in [0, 0.05) is 36.4 Å². The molecule has 3 aromatic heterocycles. The van der Waals surface area contributed by atoms with E-state index >= 15 is 0 Å². The summed E-state index contributed by atoms with van der Waals surface area (Å²) in [7, 11) is 1.74. The number of halogens is 1. The monoisotopic (exact) mass is 437 g/mol. The molecule has 9 heteroatoms. The summed E-state index contributed by atoms with van der Waals surface area (Å²) in [6, 6.07) is 10.1. The Morgan fingerprint density at radius 2 is 1.71 bits per heavy atom. The number of rotatable bonds is 6. The predicted molar refractivity (Wildman–Crippen MR) is 118 cm³/mol. The molecule has 8 nitrogen and oxygen atoms in total. The summed E-state index contributed by atoms with van der Waals surface area (Å²) in [4.78, 5) is 47.8. The van der Waals surface area contributed by atoms with E-state index in [0.717, 1.165) is 10.1 Å². The average Bonchev–Trinajstić information content (AvgIpc) is 3.12. The molecule has 0 spiro atoms. The third-order valence-corrected chi connectivity index (χ3v) is 5.46. The molecule has 158 valence electrons. The van der Waals surface area contributed by atoms with Gasteiger partial charge in [-0.3, -0.25) is 23.7 Å². The fourth-order valence-electron chi connectivity index (χ4n) is 3.55. The van der Waals surface area contributed by atoms with Crippen molar-refractivity contribution >= 4 is 28.5 Å². The van der Waals surface area contributed by atoms with Crippen LogP contribution < -0.4 is 11.2 Å². The molecule has 31 heavy (non-hydrogen) atoms. The Balaban J connectivity index is 1.91. The van der Waals surface area contributed by atoms with Crippen LogP contribution in [0.3, 0.4) is 0 Å². The molecule has 0 saturated carbocycles. The van der Waals surface area contributed by atoms with E-state index in [4.69, 9.17) is 11.6 Å². The first-order valence-corrected chi connectivity index (χ1v) is 10.1. The zero-order valence-electron chi connectivity index (χ0n) is 17.1. The fourth-order valence-corrected chi connectivity index (χ4v) is 3.68. The van der Waals surface area contributed by atoms with Gasteiger partial charge in [-0.2, -0.15) is 0 Å². The first kappa shape index (κ1) is 20.7. The van der Waals surface area contributed by atoms with Gasteiger partial charge in [0.1, 0.15) is 5.82 Å². The molecule has 1 aromatic carbocycles. The Morgan fingerprint density at radius 1 is 1.03 bits per heavy atom. The quantitative estimate of drug-likeness (QED) is 0.432. The standard InChI is InChI=1S/C22H20ClN5O3/c1-3-18-25-20-19(26(18)2)21(30)28(12-14-4-6-16(23)7-5-14)22(31)27(20)13-17(29)15-8-10-24-11-9-15/h4-11H,3,12-13H2,1-2H3. The van der Waals surface area contributed by atoms with Crippen molar-refractivity contribution in [1.29, 1.82) is 0 Å². The highest BCUT2D eigenvalue weighted by atomic mass is 35.5. The van der Waals surface area contributed by atoms with Crippen molar-refractivity contribution in [3.05, 3.63) is 91.6 Å². The first-order chi connectivity index (χ1) is 14.9. The zero-order valence-corrected chi connectivity index (χ0v) is 17.8. The molecular formula is C22H20ClN5O3. The molecule has 0 fully saturated rings. The number of aromatic nitrogens is 5. The molecule has 4 aromatic rings. The molecule has 0 radical (unpaired) electrons. The van der Waals surface area contributed by atoms with Crippen LogP contribution in [0, 0.1) is 0 Å². The smallest absolute Gasteiger partial charge is 0.325 e. The molecule has 0 aliphatic heterocycles. The van der Waals surface area contributed by atoms with Crippen molar-refractivity contribution in [2.75, 3.05) is 0 Å². The molecule has 0 amide bonds. The highest BCUT2D eigenvalue weighted by molar-refractivity contribution is 6.30. The maximum Gasteiger partial charge on any atom is 0.333 e. The maximum absolute atomic E-state index is 13.3. The first-order valence-electron chi connectivity index (χ1n) is 9.77. The SMILES string of the molecule is CCc1nc2c(c(=O)n(Cc3ccc(Cl)cc3)c(=O)n2CC(=O)c2ccncc2)n1C. The van der Waals surface area contributed by atoms with Gasteiger partial charge in [0.2, 0.25) is 0 Å². The van der Waals surface area contributed by atoms with Crippen LogP contribution >= 0.6 is 11.6 Å². The lowest BCUT2D eigenvalue weighted by atomic mass is 10.2. The van der Waals surface area contributed by atoms with E-state index in [1.54, 1.807) is 48.0 Å². The number of benzene rings is 1. The number of carbonyl (C=O) groups excluding carboxylic acids is 1. The van der Waals surface area contributed by atoms with E-state index in [2.05, 4.69) is 9.97 Å². The number of nitrogens with zero attached hydrogens (tertiary/aromatic N) is 5. The van der Waals surface area contributed by atoms with Crippen molar-refractivity contribution < 1.29 is 4.79 Å². The Hall–Kier alpha value is -3.52. The second-order valence-electron chi connectivity index (χ2n) is 7.16. The number of fused-ring (bicyclic) bond motifs is 1. The van der Waals surface area contributed by atoms with Gasteiger partial charge in [0.05, 0.1) is 13.1 Å². The highest BCUT2D eigenvalue weighted by Gasteiger charge is 2.21. The molecule has 0 aliphatic carbocycles. The Labute approximate surface area is 182 Å². The van der Waals surface area contributed by atoms with Gasteiger partial charge in [0.25, 0.3) is 5.56 Å². The molecule has 0 saturated heterocycles. The number of Topliss-reactive ketones (excluding diaryl/α,β-unsaturated/α-hetero) is 1.